The van der Waals surface area contributed by atoms with Gasteiger partial charge < -0.3 is 0 Å². The van der Waals surface area contributed by atoms with Crippen molar-refractivity contribution < 1.29 is 0 Å². The topological polar surface area (TPSA) is 54.5 Å². The van der Waals surface area contributed by atoms with Crippen molar-refractivity contribution in [1.82, 2.24) is 20.2 Å². The van der Waals surface area contributed by atoms with Crippen LogP contribution >= 0.6 is 0 Å². The average Bonchev–Trinajstić information content (AvgIpc) is 3.12. The second-order valence-electron chi connectivity index (χ2n) is 4.71. The molecule has 0 aliphatic heterocycles. The molecule has 1 aliphatic carbocycles. The normalized spacial score (nSPS) is 15.1. The summed E-state index contributed by atoms with van der Waals surface area (Å²) in [4.78, 5) is 9.55. The van der Waals surface area contributed by atoms with Gasteiger partial charge in [-0.25, -0.2) is 9.97 Å². The van der Waals surface area contributed by atoms with E-state index in [2.05, 4.69) is 10.2 Å². The van der Waals surface area contributed by atoms with Gasteiger partial charge in [-0.15, -0.1) is 0 Å². The van der Waals surface area contributed by atoms with E-state index in [9.17, 15) is 0 Å². The molecule has 3 aromatic rings. The van der Waals surface area contributed by atoms with E-state index in [0.717, 1.165) is 28.0 Å². The smallest absolute Gasteiger partial charge is 0.0959 e. The fraction of sp³-hybridized carbons (Fsp3) is 0.214. The van der Waals surface area contributed by atoms with Crippen LogP contribution in [0.4, 0.5) is 0 Å². The molecule has 0 saturated heterocycles. The van der Waals surface area contributed by atoms with Crippen LogP contribution in [0.5, 0.6) is 0 Å². The highest BCUT2D eigenvalue weighted by atomic mass is 15.1. The van der Waals surface area contributed by atoms with E-state index < -0.39 is 0 Å². The van der Waals surface area contributed by atoms with E-state index in [1.807, 2.05) is 36.7 Å². The Bertz CT molecular complexity index is 699. The fourth-order valence-corrected chi connectivity index (χ4v) is 2.25. The number of hydrogen-bond donors (Lipinski definition) is 1. The lowest BCUT2D eigenvalue weighted by molar-refractivity contribution is 1.02. The lowest BCUT2D eigenvalue weighted by atomic mass is 10.1. The van der Waals surface area contributed by atoms with Gasteiger partial charge in [0, 0.05) is 17.7 Å². The molecular formula is C14H12N4. The second-order valence-corrected chi connectivity index (χ2v) is 4.71. The van der Waals surface area contributed by atoms with Crippen LogP contribution in [0.25, 0.3) is 22.3 Å². The van der Waals surface area contributed by atoms with Gasteiger partial charge in [-0.2, -0.15) is 5.10 Å². The van der Waals surface area contributed by atoms with Crippen LogP contribution in [-0.2, 0) is 0 Å². The third-order valence-corrected chi connectivity index (χ3v) is 3.33. The van der Waals surface area contributed by atoms with Crippen molar-refractivity contribution in [2.45, 2.75) is 18.8 Å². The predicted octanol–water partition coefficient (Wildman–Crippen LogP) is 2.90. The third-order valence-electron chi connectivity index (χ3n) is 3.33. The maximum absolute atomic E-state index is 4.79. The lowest BCUT2D eigenvalue weighted by Crippen LogP contribution is -1.96. The Balaban J connectivity index is 2.01. The van der Waals surface area contributed by atoms with Crippen LogP contribution in [-0.4, -0.2) is 20.2 Å². The van der Waals surface area contributed by atoms with Crippen LogP contribution in [0, 0.1) is 0 Å². The summed E-state index contributed by atoms with van der Waals surface area (Å²) in [6.45, 7) is 0. The Morgan fingerprint density at radius 3 is 2.50 bits per heavy atom. The number of aromatic amines is 1. The summed E-state index contributed by atoms with van der Waals surface area (Å²) in [7, 11) is 0. The minimum absolute atomic E-state index is 0.576. The van der Waals surface area contributed by atoms with Gasteiger partial charge >= 0.3 is 0 Å². The molecule has 2 aromatic heterocycles. The first-order valence-electron chi connectivity index (χ1n) is 6.17. The van der Waals surface area contributed by atoms with Crippen LogP contribution < -0.4 is 0 Å². The van der Waals surface area contributed by atoms with Crippen molar-refractivity contribution in [3.8, 4) is 11.3 Å². The number of H-pyrrole nitrogens is 1. The minimum Gasteiger partial charge on any atom is -0.285 e. The summed E-state index contributed by atoms with van der Waals surface area (Å²) >= 11 is 0. The maximum atomic E-state index is 4.79. The molecule has 1 fully saturated rings. The number of rotatable bonds is 2. The zero-order valence-electron chi connectivity index (χ0n) is 9.80. The number of benzene rings is 1. The van der Waals surface area contributed by atoms with Gasteiger partial charge in [0.15, 0.2) is 0 Å². The van der Waals surface area contributed by atoms with Gasteiger partial charge in [-0.3, -0.25) is 5.10 Å². The summed E-state index contributed by atoms with van der Waals surface area (Å²) in [5, 5.41) is 6.85. The zero-order chi connectivity index (χ0) is 11.9. The van der Waals surface area contributed by atoms with E-state index in [0.29, 0.717) is 5.92 Å². The van der Waals surface area contributed by atoms with Crippen LogP contribution in [0.2, 0.25) is 0 Å². The van der Waals surface area contributed by atoms with Gasteiger partial charge in [0.05, 0.1) is 28.6 Å². The molecule has 0 spiro atoms. The average molecular weight is 236 g/mol. The molecule has 2 heterocycles. The zero-order valence-corrected chi connectivity index (χ0v) is 9.80. The number of nitrogens with zero attached hydrogens (tertiary/aromatic N) is 3. The van der Waals surface area contributed by atoms with Crippen molar-refractivity contribution in [1.29, 1.82) is 0 Å². The monoisotopic (exact) mass is 236 g/mol. The van der Waals surface area contributed by atoms with Crippen molar-refractivity contribution in [3.05, 3.63) is 42.4 Å². The van der Waals surface area contributed by atoms with E-state index in [4.69, 9.17) is 9.97 Å². The molecule has 88 valence electrons. The van der Waals surface area contributed by atoms with Crippen LogP contribution in [0.3, 0.4) is 0 Å². The van der Waals surface area contributed by atoms with E-state index in [-0.39, 0.29) is 0 Å². The highest BCUT2D eigenvalue weighted by Crippen LogP contribution is 2.43. The first kappa shape index (κ1) is 9.76. The number of para-hydroxylation sites is 2. The molecule has 1 N–H and O–H groups in total. The standard InChI is InChI=1S/C14H12N4/c1-2-4-12-11(3-1)17-13(9-5-6-9)14(18-12)10-7-15-16-8-10/h1-4,7-9H,5-6H2,(H,15,16). The maximum Gasteiger partial charge on any atom is 0.0959 e. The van der Waals surface area contributed by atoms with Gasteiger partial charge in [-0.1, -0.05) is 12.1 Å². The SMILES string of the molecule is c1ccc2nc(C3CC3)c(-c3cn[nH]c3)nc2c1. The molecule has 4 heteroatoms. The summed E-state index contributed by atoms with van der Waals surface area (Å²) in [5.41, 5.74) is 5.04. The molecule has 1 aliphatic rings. The van der Waals surface area contributed by atoms with Crippen molar-refractivity contribution in [2.24, 2.45) is 0 Å². The van der Waals surface area contributed by atoms with Crippen molar-refractivity contribution in [3.63, 3.8) is 0 Å². The second kappa shape index (κ2) is 3.63. The molecule has 0 radical (unpaired) electrons. The molecule has 4 rings (SSSR count). The number of fused-ring (bicyclic) bond motifs is 1. The quantitative estimate of drug-likeness (QED) is 0.744. The van der Waals surface area contributed by atoms with Crippen molar-refractivity contribution >= 4 is 11.0 Å². The van der Waals surface area contributed by atoms with E-state index in [1.54, 1.807) is 0 Å². The molecule has 0 atom stereocenters. The molecular weight excluding hydrogens is 224 g/mol. The molecule has 0 unspecified atom stereocenters. The summed E-state index contributed by atoms with van der Waals surface area (Å²) in [5.74, 6) is 0.576. The molecule has 4 nitrogen and oxygen atoms in total. The highest BCUT2D eigenvalue weighted by molar-refractivity contribution is 5.78. The summed E-state index contributed by atoms with van der Waals surface area (Å²) in [6, 6.07) is 8.02. The fourth-order valence-electron chi connectivity index (χ4n) is 2.25. The Morgan fingerprint density at radius 1 is 1.06 bits per heavy atom. The van der Waals surface area contributed by atoms with Gasteiger partial charge in [-0.05, 0) is 25.0 Å². The van der Waals surface area contributed by atoms with Crippen molar-refractivity contribution in [2.75, 3.05) is 0 Å². The minimum atomic E-state index is 0.576. The Labute approximate surface area is 104 Å². The molecule has 18 heavy (non-hydrogen) atoms. The van der Waals surface area contributed by atoms with E-state index in [1.165, 1.54) is 12.8 Å². The summed E-state index contributed by atoms with van der Waals surface area (Å²) < 4.78 is 0. The van der Waals surface area contributed by atoms with Crippen LogP contribution in [0.15, 0.2) is 36.7 Å². The van der Waals surface area contributed by atoms with Gasteiger partial charge in [0.2, 0.25) is 0 Å². The molecule has 1 aromatic carbocycles. The van der Waals surface area contributed by atoms with Gasteiger partial charge in [0.1, 0.15) is 0 Å². The highest BCUT2D eigenvalue weighted by Gasteiger charge is 2.29. The van der Waals surface area contributed by atoms with Crippen LogP contribution in [0.1, 0.15) is 24.5 Å². The number of nitrogens with one attached hydrogen (secondary N) is 1. The summed E-state index contributed by atoms with van der Waals surface area (Å²) in [6.07, 6.45) is 6.13. The van der Waals surface area contributed by atoms with E-state index >= 15 is 0 Å². The first-order valence-corrected chi connectivity index (χ1v) is 6.17. The molecule has 0 amide bonds. The first-order chi connectivity index (χ1) is 8.92. The Kier molecular flexibility index (Phi) is 1.97. The molecule has 1 saturated carbocycles. The van der Waals surface area contributed by atoms with Gasteiger partial charge in [0.25, 0.3) is 0 Å². The largest absolute Gasteiger partial charge is 0.285 e. The third kappa shape index (κ3) is 1.49. The number of aromatic nitrogens is 4. The predicted molar refractivity (Wildman–Crippen MR) is 69.1 cm³/mol. The Hall–Kier alpha value is -2.23. The molecule has 0 bridgehead atoms. The lowest BCUT2D eigenvalue weighted by Gasteiger charge is -2.07. The number of hydrogen-bond acceptors (Lipinski definition) is 3. The Morgan fingerprint density at radius 2 is 1.83 bits per heavy atom.